The normalized spacial score (nSPS) is 17.6. The lowest BCUT2D eigenvalue weighted by atomic mass is 10.1. The van der Waals surface area contributed by atoms with Crippen LogP contribution in [0.3, 0.4) is 0 Å². The second-order valence-corrected chi connectivity index (χ2v) is 6.12. The number of ether oxygens (including phenoxy) is 1. The van der Waals surface area contributed by atoms with Crippen molar-refractivity contribution in [1.82, 2.24) is 24.8 Å². The fourth-order valence-electron chi connectivity index (χ4n) is 3.19. The predicted octanol–water partition coefficient (Wildman–Crippen LogP) is 1.99. The third-order valence-corrected chi connectivity index (χ3v) is 4.42. The number of urea groups is 1. The first-order valence-corrected chi connectivity index (χ1v) is 8.57. The van der Waals surface area contributed by atoms with Crippen molar-refractivity contribution in [2.45, 2.75) is 32.2 Å². The number of hydrogen-bond acceptors (Lipinski definition) is 4. The molecule has 1 aliphatic rings. The number of fused-ring (bicyclic) bond motifs is 1. The minimum Gasteiger partial charge on any atom is -0.383 e. The van der Waals surface area contributed by atoms with E-state index in [2.05, 4.69) is 21.8 Å². The minimum absolute atomic E-state index is 0.0250. The number of hydrogen-bond donors (Lipinski definition) is 1. The number of amides is 2. The highest BCUT2D eigenvalue weighted by Gasteiger charge is 2.31. The highest BCUT2D eigenvalue weighted by molar-refractivity contribution is 5.75. The quantitative estimate of drug-likeness (QED) is 0.878. The molecule has 1 atom stereocenters. The topological polar surface area (TPSA) is 72.3 Å². The van der Waals surface area contributed by atoms with E-state index in [4.69, 9.17) is 9.72 Å². The van der Waals surface area contributed by atoms with Gasteiger partial charge in [0.25, 0.3) is 0 Å². The molecule has 2 aromatic heterocycles. The van der Waals surface area contributed by atoms with Crippen LogP contribution in [0.5, 0.6) is 0 Å². The molecule has 7 heteroatoms. The highest BCUT2D eigenvalue weighted by Crippen LogP contribution is 2.29. The van der Waals surface area contributed by atoms with Gasteiger partial charge in [0.2, 0.25) is 0 Å². The van der Waals surface area contributed by atoms with Crippen LogP contribution in [0.1, 0.15) is 31.5 Å². The van der Waals surface area contributed by atoms with Gasteiger partial charge >= 0.3 is 6.03 Å². The van der Waals surface area contributed by atoms with E-state index in [0.29, 0.717) is 13.2 Å². The summed E-state index contributed by atoms with van der Waals surface area (Å²) in [4.78, 5) is 23.3. The van der Waals surface area contributed by atoms with Crippen molar-refractivity contribution < 1.29 is 9.53 Å². The standard InChI is InChI=1S/C17H25N5O2/c1-3-7-19-17(23)21-9-6-13(12-21)15-20-14-5-4-8-18-16(14)22(15)10-11-24-2/h4-5,8,13H,3,6-7,9-12H2,1-2H3,(H,19,23)/t13-/m1/s1. The second-order valence-electron chi connectivity index (χ2n) is 6.12. The maximum atomic E-state index is 12.2. The first-order chi connectivity index (χ1) is 11.7. The van der Waals surface area contributed by atoms with Crippen molar-refractivity contribution >= 4 is 17.2 Å². The van der Waals surface area contributed by atoms with Crippen molar-refractivity contribution in [1.29, 1.82) is 0 Å². The molecule has 2 aromatic rings. The number of imidazole rings is 1. The first kappa shape index (κ1) is 16.7. The zero-order chi connectivity index (χ0) is 16.9. The van der Waals surface area contributed by atoms with E-state index in [1.54, 1.807) is 13.3 Å². The minimum atomic E-state index is 0.0250. The van der Waals surface area contributed by atoms with Gasteiger partial charge in [-0.15, -0.1) is 0 Å². The summed E-state index contributed by atoms with van der Waals surface area (Å²) in [6, 6.07) is 3.91. The summed E-state index contributed by atoms with van der Waals surface area (Å²) < 4.78 is 7.37. The van der Waals surface area contributed by atoms with Crippen molar-refractivity contribution in [2.24, 2.45) is 0 Å². The Kier molecular flexibility index (Phi) is 5.30. The number of nitrogens with zero attached hydrogens (tertiary/aromatic N) is 4. The Hall–Kier alpha value is -2.15. The SMILES string of the molecule is CCCNC(=O)N1CC[C@@H](c2nc3cccnc3n2CCOC)C1. The smallest absolute Gasteiger partial charge is 0.317 e. The van der Waals surface area contributed by atoms with Crippen LogP contribution in [0, 0.1) is 0 Å². The number of carbonyl (C=O) groups is 1. The van der Waals surface area contributed by atoms with E-state index in [1.165, 1.54) is 0 Å². The van der Waals surface area contributed by atoms with Crippen molar-refractivity contribution in [3.63, 3.8) is 0 Å². The largest absolute Gasteiger partial charge is 0.383 e. The van der Waals surface area contributed by atoms with Gasteiger partial charge in [-0.1, -0.05) is 6.92 Å². The molecule has 2 amide bonds. The molecular weight excluding hydrogens is 306 g/mol. The van der Waals surface area contributed by atoms with Crippen molar-refractivity contribution in [3.05, 3.63) is 24.2 Å². The van der Waals surface area contributed by atoms with Gasteiger partial charge in [0.15, 0.2) is 5.65 Å². The molecular formula is C17H25N5O2. The van der Waals surface area contributed by atoms with E-state index in [0.717, 1.165) is 49.5 Å². The maximum absolute atomic E-state index is 12.2. The molecule has 0 aromatic carbocycles. The first-order valence-electron chi connectivity index (χ1n) is 8.57. The molecule has 0 saturated carbocycles. The Bertz CT molecular complexity index is 699. The number of nitrogens with one attached hydrogen (secondary N) is 1. The Morgan fingerprint density at radius 3 is 3.17 bits per heavy atom. The number of likely N-dealkylation sites (tertiary alicyclic amines) is 1. The molecule has 7 nitrogen and oxygen atoms in total. The Balaban J connectivity index is 1.80. The number of aromatic nitrogens is 3. The van der Waals surface area contributed by atoms with Crippen LogP contribution in [0.15, 0.2) is 18.3 Å². The third kappa shape index (κ3) is 3.36. The molecule has 0 radical (unpaired) electrons. The van der Waals surface area contributed by atoms with E-state index in [1.807, 2.05) is 17.0 Å². The van der Waals surface area contributed by atoms with Gasteiger partial charge < -0.3 is 19.5 Å². The molecule has 3 rings (SSSR count). The zero-order valence-electron chi connectivity index (χ0n) is 14.4. The van der Waals surface area contributed by atoms with Crippen molar-refractivity contribution in [2.75, 3.05) is 33.4 Å². The number of carbonyl (C=O) groups excluding carboxylic acids is 1. The van der Waals surface area contributed by atoms with Gasteiger partial charge in [-0.05, 0) is 25.0 Å². The molecule has 1 N–H and O–H groups in total. The summed E-state index contributed by atoms with van der Waals surface area (Å²) in [7, 11) is 1.70. The molecule has 24 heavy (non-hydrogen) atoms. The van der Waals surface area contributed by atoms with Gasteiger partial charge in [0.05, 0.1) is 6.61 Å². The summed E-state index contributed by atoms with van der Waals surface area (Å²) in [5, 5.41) is 2.95. The molecule has 1 aliphatic heterocycles. The summed E-state index contributed by atoms with van der Waals surface area (Å²) >= 11 is 0. The van der Waals surface area contributed by atoms with Gasteiger partial charge in [0.1, 0.15) is 11.3 Å². The van der Waals surface area contributed by atoms with Crippen LogP contribution in [0.4, 0.5) is 4.79 Å². The van der Waals surface area contributed by atoms with Gasteiger partial charge in [-0.2, -0.15) is 0 Å². The fourth-order valence-corrected chi connectivity index (χ4v) is 3.19. The Morgan fingerprint density at radius 2 is 2.38 bits per heavy atom. The van der Waals surface area contributed by atoms with E-state index in [-0.39, 0.29) is 11.9 Å². The molecule has 1 fully saturated rings. The van der Waals surface area contributed by atoms with Crippen LogP contribution in [-0.2, 0) is 11.3 Å². The number of pyridine rings is 1. The lowest BCUT2D eigenvalue weighted by Crippen LogP contribution is -2.38. The predicted molar refractivity (Wildman–Crippen MR) is 92.0 cm³/mol. The highest BCUT2D eigenvalue weighted by atomic mass is 16.5. The average Bonchev–Trinajstić information content (AvgIpc) is 3.22. The molecule has 0 bridgehead atoms. The van der Waals surface area contributed by atoms with Crippen LogP contribution < -0.4 is 5.32 Å². The fraction of sp³-hybridized carbons (Fsp3) is 0.588. The lowest BCUT2D eigenvalue weighted by Gasteiger charge is -2.17. The maximum Gasteiger partial charge on any atom is 0.317 e. The van der Waals surface area contributed by atoms with Crippen LogP contribution >= 0.6 is 0 Å². The molecule has 1 saturated heterocycles. The number of methoxy groups -OCH3 is 1. The molecule has 0 unspecified atom stereocenters. The molecule has 130 valence electrons. The van der Waals surface area contributed by atoms with Crippen LogP contribution in [0.25, 0.3) is 11.2 Å². The summed E-state index contributed by atoms with van der Waals surface area (Å²) in [5.74, 6) is 1.25. The van der Waals surface area contributed by atoms with Crippen molar-refractivity contribution in [3.8, 4) is 0 Å². The average molecular weight is 331 g/mol. The van der Waals surface area contributed by atoms with E-state index >= 15 is 0 Å². The van der Waals surface area contributed by atoms with Gasteiger partial charge in [0, 0.05) is 45.4 Å². The van der Waals surface area contributed by atoms with Gasteiger partial charge in [-0.25, -0.2) is 14.8 Å². The van der Waals surface area contributed by atoms with E-state index < -0.39 is 0 Å². The molecule has 3 heterocycles. The molecule has 0 spiro atoms. The monoisotopic (exact) mass is 331 g/mol. The zero-order valence-corrected chi connectivity index (χ0v) is 14.4. The molecule has 0 aliphatic carbocycles. The second kappa shape index (κ2) is 7.61. The Morgan fingerprint density at radius 1 is 1.50 bits per heavy atom. The number of rotatable bonds is 6. The Labute approximate surface area is 142 Å². The van der Waals surface area contributed by atoms with Crippen LogP contribution in [0.2, 0.25) is 0 Å². The van der Waals surface area contributed by atoms with Crippen LogP contribution in [-0.4, -0.2) is 58.8 Å². The van der Waals surface area contributed by atoms with Gasteiger partial charge in [-0.3, -0.25) is 0 Å². The lowest BCUT2D eigenvalue weighted by molar-refractivity contribution is 0.186. The summed E-state index contributed by atoms with van der Waals surface area (Å²) in [6.45, 7) is 5.57. The van der Waals surface area contributed by atoms with E-state index in [9.17, 15) is 4.79 Å². The summed E-state index contributed by atoms with van der Waals surface area (Å²) in [6.07, 6.45) is 3.66. The summed E-state index contributed by atoms with van der Waals surface area (Å²) in [5.41, 5.74) is 1.79. The third-order valence-electron chi connectivity index (χ3n) is 4.42.